The molecule has 0 aromatic heterocycles. The van der Waals surface area contributed by atoms with E-state index in [-0.39, 0.29) is 24.2 Å². The molecule has 2 aromatic rings. The Morgan fingerprint density at radius 3 is 2.80 bits per heavy atom. The van der Waals surface area contributed by atoms with Crippen molar-refractivity contribution in [3.05, 3.63) is 58.6 Å². The first-order chi connectivity index (χ1) is 12.1. The van der Waals surface area contributed by atoms with Gasteiger partial charge in [0.2, 0.25) is 5.91 Å². The fraction of sp³-hybridized carbons (Fsp3) is 0.235. The van der Waals surface area contributed by atoms with Gasteiger partial charge in [-0.3, -0.25) is 14.9 Å². The zero-order valence-electron chi connectivity index (χ0n) is 13.3. The van der Waals surface area contributed by atoms with Crippen molar-refractivity contribution in [1.82, 2.24) is 5.32 Å². The van der Waals surface area contributed by atoms with Crippen LogP contribution in [0, 0.1) is 10.1 Å². The number of hydrogen-bond donors (Lipinski definition) is 2. The molecule has 1 heterocycles. The number of carbonyl (C=O) groups is 1. The summed E-state index contributed by atoms with van der Waals surface area (Å²) in [7, 11) is 0. The van der Waals surface area contributed by atoms with Gasteiger partial charge in [-0.25, -0.2) is 0 Å². The molecular formula is C17H17N3O5. The molecule has 0 fully saturated rings. The van der Waals surface area contributed by atoms with Gasteiger partial charge in [0.05, 0.1) is 18.0 Å². The highest BCUT2D eigenvalue weighted by Gasteiger charge is 2.20. The van der Waals surface area contributed by atoms with Gasteiger partial charge in [-0.2, -0.15) is 0 Å². The molecule has 0 spiro atoms. The maximum Gasteiger partial charge on any atom is 0.271 e. The lowest BCUT2D eigenvalue weighted by Gasteiger charge is -2.26. The number of anilines is 1. The molecular weight excluding hydrogens is 326 g/mol. The number of carbonyl (C=O) groups excluding carboxylic acids is 1. The number of nitrogens with zero attached hydrogens (tertiary/aromatic N) is 1. The van der Waals surface area contributed by atoms with Gasteiger partial charge in [-0.15, -0.1) is 0 Å². The lowest BCUT2D eigenvalue weighted by atomic mass is 10.2. The number of benzene rings is 2. The van der Waals surface area contributed by atoms with Crippen molar-refractivity contribution in [1.29, 1.82) is 0 Å². The number of rotatable bonds is 6. The minimum absolute atomic E-state index is 0.00529. The van der Waals surface area contributed by atoms with E-state index < -0.39 is 4.92 Å². The number of nitro groups is 1. The highest BCUT2D eigenvalue weighted by molar-refractivity contribution is 5.80. The van der Waals surface area contributed by atoms with Crippen LogP contribution >= 0.6 is 0 Å². The predicted octanol–water partition coefficient (Wildman–Crippen LogP) is 1.96. The smallest absolute Gasteiger partial charge is 0.271 e. The molecule has 1 amide bonds. The van der Waals surface area contributed by atoms with Crippen LogP contribution in [0.15, 0.2) is 48.5 Å². The summed E-state index contributed by atoms with van der Waals surface area (Å²) in [6.45, 7) is 0.671. The molecule has 0 saturated carbocycles. The van der Waals surface area contributed by atoms with Crippen LogP contribution in [0.1, 0.15) is 0 Å². The quantitative estimate of drug-likeness (QED) is 0.614. The first-order valence-electron chi connectivity index (χ1n) is 7.75. The van der Waals surface area contributed by atoms with E-state index in [2.05, 4.69) is 10.6 Å². The summed E-state index contributed by atoms with van der Waals surface area (Å²) < 4.78 is 11.3. The normalized spacial score (nSPS) is 15.3. The monoisotopic (exact) mass is 343 g/mol. The van der Waals surface area contributed by atoms with Gasteiger partial charge in [0.1, 0.15) is 12.7 Å². The van der Waals surface area contributed by atoms with E-state index in [0.29, 0.717) is 30.3 Å². The zero-order valence-corrected chi connectivity index (χ0v) is 13.3. The number of fused-ring (bicyclic) bond motifs is 1. The second-order valence-corrected chi connectivity index (χ2v) is 5.46. The lowest BCUT2D eigenvalue weighted by molar-refractivity contribution is -0.384. The third-order valence-electron chi connectivity index (χ3n) is 3.60. The van der Waals surface area contributed by atoms with E-state index in [4.69, 9.17) is 9.47 Å². The van der Waals surface area contributed by atoms with Crippen molar-refractivity contribution in [2.45, 2.75) is 6.10 Å². The fourth-order valence-corrected chi connectivity index (χ4v) is 2.37. The van der Waals surface area contributed by atoms with Crippen LogP contribution in [-0.4, -0.2) is 36.6 Å². The average Bonchev–Trinajstić information content (AvgIpc) is 2.64. The molecule has 0 saturated heterocycles. The van der Waals surface area contributed by atoms with E-state index >= 15 is 0 Å². The first-order valence-corrected chi connectivity index (χ1v) is 7.75. The summed E-state index contributed by atoms with van der Waals surface area (Å²) in [6, 6.07) is 13.3. The van der Waals surface area contributed by atoms with E-state index in [1.165, 1.54) is 12.1 Å². The Morgan fingerprint density at radius 2 is 2.00 bits per heavy atom. The van der Waals surface area contributed by atoms with Crippen molar-refractivity contribution in [2.75, 3.05) is 25.0 Å². The van der Waals surface area contributed by atoms with Crippen molar-refractivity contribution in [3.63, 3.8) is 0 Å². The maximum absolute atomic E-state index is 11.9. The molecule has 1 aliphatic heterocycles. The first kappa shape index (κ1) is 16.6. The molecule has 25 heavy (non-hydrogen) atoms. The van der Waals surface area contributed by atoms with Crippen molar-refractivity contribution < 1.29 is 19.2 Å². The minimum atomic E-state index is -0.483. The number of para-hydroxylation sites is 2. The molecule has 3 rings (SSSR count). The second-order valence-electron chi connectivity index (χ2n) is 5.46. The highest BCUT2D eigenvalue weighted by Crippen LogP contribution is 2.30. The van der Waals surface area contributed by atoms with Crippen LogP contribution in [0.25, 0.3) is 0 Å². The molecule has 8 nitrogen and oxygen atoms in total. The number of ether oxygens (including phenoxy) is 2. The standard InChI is InChI=1S/C17H17N3O5/c21-17(10-18-12-4-3-5-13(8-12)20(22)23)19-9-14-11-24-15-6-1-2-7-16(15)25-14/h1-8,14,18H,9-11H2,(H,19,21). The largest absolute Gasteiger partial charge is 0.486 e. The molecule has 130 valence electrons. The summed E-state index contributed by atoms with van der Waals surface area (Å²) >= 11 is 0. The van der Waals surface area contributed by atoms with Gasteiger partial charge in [-0.1, -0.05) is 18.2 Å². The number of nitrogens with one attached hydrogen (secondary N) is 2. The molecule has 1 unspecified atom stereocenters. The third kappa shape index (κ3) is 4.37. The van der Waals surface area contributed by atoms with Crippen LogP contribution in [0.4, 0.5) is 11.4 Å². The minimum Gasteiger partial charge on any atom is -0.486 e. The van der Waals surface area contributed by atoms with Crippen molar-refractivity contribution in [3.8, 4) is 11.5 Å². The maximum atomic E-state index is 11.9. The van der Waals surface area contributed by atoms with Gasteiger partial charge >= 0.3 is 0 Å². The number of non-ortho nitro benzene ring substituents is 1. The van der Waals surface area contributed by atoms with E-state index in [9.17, 15) is 14.9 Å². The van der Waals surface area contributed by atoms with E-state index in [1.54, 1.807) is 12.1 Å². The Kier molecular flexibility index (Phi) is 4.98. The fourth-order valence-electron chi connectivity index (χ4n) is 2.37. The van der Waals surface area contributed by atoms with Crippen molar-refractivity contribution in [2.24, 2.45) is 0 Å². The number of nitro benzene ring substituents is 1. The molecule has 2 aromatic carbocycles. The number of hydrogen-bond acceptors (Lipinski definition) is 6. The van der Waals surface area contributed by atoms with Crippen LogP contribution in [0.5, 0.6) is 11.5 Å². The molecule has 0 bridgehead atoms. The van der Waals surface area contributed by atoms with Gasteiger partial charge in [-0.05, 0) is 18.2 Å². The van der Waals surface area contributed by atoms with E-state index in [1.807, 2.05) is 24.3 Å². The van der Waals surface area contributed by atoms with E-state index in [0.717, 1.165) is 0 Å². The topological polar surface area (TPSA) is 103 Å². The van der Waals surface area contributed by atoms with Gasteiger partial charge in [0.15, 0.2) is 11.5 Å². The molecule has 2 N–H and O–H groups in total. The summed E-state index contributed by atoms with van der Waals surface area (Å²) in [5.41, 5.74) is 0.479. The predicted molar refractivity (Wildman–Crippen MR) is 90.9 cm³/mol. The summed E-state index contributed by atoms with van der Waals surface area (Å²) in [6.07, 6.45) is -0.267. The average molecular weight is 343 g/mol. The third-order valence-corrected chi connectivity index (χ3v) is 3.60. The van der Waals surface area contributed by atoms with Crippen LogP contribution in [-0.2, 0) is 4.79 Å². The van der Waals surface area contributed by atoms with Gasteiger partial charge in [0, 0.05) is 17.8 Å². The lowest BCUT2D eigenvalue weighted by Crippen LogP contribution is -2.42. The molecule has 1 aliphatic rings. The Bertz CT molecular complexity index is 780. The van der Waals surface area contributed by atoms with Crippen LogP contribution in [0.3, 0.4) is 0 Å². The second kappa shape index (κ2) is 7.52. The highest BCUT2D eigenvalue weighted by atomic mass is 16.6. The summed E-state index contributed by atoms with van der Waals surface area (Å²) in [4.78, 5) is 22.2. The van der Waals surface area contributed by atoms with Crippen molar-refractivity contribution >= 4 is 17.3 Å². The molecule has 0 radical (unpaired) electrons. The number of amides is 1. The zero-order chi connectivity index (χ0) is 17.6. The SMILES string of the molecule is O=C(CNc1cccc([N+](=O)[O-])c1)NCC1COc2ccccc2O1. The molecule has 1 atom stereocenters. The molecule has 8 heteroatoms. The Hall–Kier alpha value is -3.29. The Morgan fingerprint density at radius 1 is 1.20 bits per heavy atom. The summed E-state index contributed by atoms with van der Waals surface area (Å²) in [5.74, 6) is 1.11. The Balaban J connectivity index is 1.44. The Labute approximate surface area is 143 Å². The van der Waals surface area contributed by atoms with Gasteiger partial charge < -0.3 is 20.1 Å². The van der Waals surface area contributed by atoms with Gasteiger partial charge in [0.25, 0.3) is 5.69 Å². The van der Waals surface area contributed by atoms with Crippen LogP contribution in [0.2, 0.25) is 0 Å². The summed E-state index contributed by atoms with van der Waals surface area (Å²) in [5, 5.41) is 16.3. The van der Waals surface area contributed by atoms with Crippen LogP contribution < -0.4 is 20.1 Å². The molecule has 0 aliphatic carbocycles.